The van der Waals surface area contributed by atoms with E-state index in [2.05, 4.69) is 10.6 Å². The second-order valence-corrected chi connectivity index (χ2v) is 7.56. The van der Waals surface area contributed by atoms with Gasteiger partial charge in [0.15, 0.2) is 0 Å². The highest BCUT2D eigenvalue weighted by atomic mass is 16.5. The summed E-state index contributed by atoms with van der Waals surface area (Å²) in [4.78, 5) is 39.3. The number of nitrogens with zero attached hydrogens (tertiary/aromatic N) is 2. The molecule has 11 heteroatoms. The first-order valence-electron chi connectivity index (χ1n) is 10.6. The number of H-pyrrole nitrogens is 1. The highest BCUT2D eigenvalue weighted by Gasteiger charge is 2.35. The lowest BCUT2D eigenvalue weighted by atomic mass is 10.1. The van der Waals surface area contributed by atoms with Gasteiger partial charge in [-0.05, 0) is 46.4 Å². The zero-order chi connectivity index (χ0) is 24.1. The van der Waals surface area contributed by atoms with Crippen molar-refractivity contribution in [3.05, 3.63) is 64.6 Å². The molecule has 1 aliphatic heterocycles. The van der Waals surface area contributed by atoms with Gasteiger partial charge in [0.25, 0.3) is 5.91 Å². The fourth-order valence-electron chi connectivity index (χ4n) is 3.60. The third-order valence-corrected chi connectivity index (χ3v) is 5.42. The molecule has 178 valence electrons. The lowest BCUT2D eigenvalue weighted by molar-refractivity contribution is -0.678. The van der Waals surface area contributed by atoms with Gasteiger partial charge in [0, 0.05) is 24.4 Å². The number of hydrogen-bond acceptors (Lipinski definition) is 7. The quantitative estimate of drug-likeness (QED) is 0.472. The Morgan fingerprint density at radius 1 is 1.09 bits per heavy atom. The van der Waals surface area contributed by atoms with Crippen LogP contribution in [-0.4, -0.2) is 55.5 Å². The zero-order valence-electron chi connectivity index (χ0n) is 18.8. The summed E-state index contributed by atoms with van der Waals surface area (Å²) in [6, 6.07) is 13.8. The smallest absolute Gasteiger partial charge is 0.432 e. The number of nitrogens with one attached hydrogen (secondary N) is 2. The Morgan fingerprint density at radius 3 is 2.38 bits per heavy atom. The third kappa shape index (κ3) is 5.09. The van der Waals surface area contributed by atoms with Crippen molar-refractivity contribution in [3.63, 3.8) is 0 Å². The Kier molecular flexibility index (Phi) is 6.93. The number of anilines is 1. The van der Waals surface area contributed by atoms with Crippen molar-refractivity contribution in [1.29, 1.82) is 0 Å². The van der Waals surface area contributed by atoms with E-state index >= 15 is 0 Å². The second-order valence-electron chi connectivity index (χ2n) is 7.56. The Morgan fingerprint density at radius 2 is 1.74 bits per heavy atom. The summed E-state index contributed by atoms with van der Waals surface area (Å²) in [5.41, 5.74) is 0.861. The van der Waals surface area contributed by atoms with Gasteiger partial charge in [-0.1, -0.05) is 0 Å². The van der Waals surface area contributed by atoms with Crippen LogP contribution in [0, 0.1) is 0 Å². The molecule has 0 radical (unpaired) electrons. The van der Waals surface area contributed by atoms with Crippen LogP contribution >= 0.6 is 0 Å². The minimum atomic E-state index is -0.951. The van der Waals surface area contributed by atoms with Gasteiger partial charge in [0.1, 0.15) is 24.1 Å². The highest BCUT2D eigenvalue weighted by molar-refractivity contribution is 5.95. The van der Waals surface area contributed by atoms with Crippen LogP contribution in [0.25, 0.3) is 5.69 Å². The molecule has 3 aromatic rings. The predicted octanol–water partition coefficient (Wildman–Crippen LogP) is 1.02. The van der Waals surface area contributed by atoms with Crippen LogP contribution in [-0.2, 0) is 20.9 Å². The summed E-state index contributed by atoms with van der Waals surface area (Å²) in [5.74, 6) is 0.592. The molecule has 34 heavy (non-hydrogen) atoms. The normalized spacial score (nSPS) is 15.8. The minimum Gasteiger partial charge on any atom is -0.497 e. The molecule has 2 heterocycles. The monoisotopic (exact) mass is 469 g/mol. The first-order valence-corrected chi connectivity index (χ1v) is 10.6. The van der Waals surface area contributed by atoms with E-state index in [0.29, 0.717) is 22.9 Å². The average Bonchev–Trinajstić information content (AvgIpc) is 3.22. The second kappa shape index (κ2) is 10.2. The van der Waals surface area contributed by atoms with E-state index in [4.69, 9.17) is 18.7 Å². The van der Waals surface area contributed by atoms with Gasteiger partial charge in [-0.2, -0.15) is 0 Å². The number of aromatic amines is 1. The van der Waals surface area contributed by atoms with Gasteiger partial charge in [0.2, 0.25) is 11.6 Å². The first kappa shape index (κ1) is 23.1. The van der Waals surface area contributed by atoms with Crippen LogP contribution in [0.2, 0.25) is 0 Å². The molecular weight excluding hydrogens is 444 g/mol. The number of benzene rings is 2. The number of ether oxygens (including phenoxy) is 3. The molecule has 1 aliphatic rings. The Balaban J connectivity index is 1.43. The summed E-state index contributed by atoms with van der Waals surface area (Å²) >= 11 is 0. The van der Waals surface area contributed by atoms with Crippen molar-refractivity contribution < 1.29 is 33.0 Å². The van der Waals surface area contributed by atoms with E-state index in [1.54, 1.807) is 62.8 Å². The fraction of sp³-hybridized carbons (Fsp3) is 0.304. The van der Waals surface area contributed by atoms with Gasteiger partial charge < -0.3 is 24.4 Å². The molecule has 2 aromatic carbocycles. The van der Waals surface area contributed by atoms with E-state index in [0.717, 1.165) is 0 Å². The number of methoxy groups -OCH3 is 2. The molecule has 0 saturated carbocycles. The van der Waals surface area contributed by atoms with Crippen molar-refractivity contribution in [1.82, 2.24) is 10.2 Å². The average molecular weight is 469 g/mol. The molecule has 4 rings (SSSR count). The SMILES string of the molecule is COc1ccc(NC(=O)CC2OCCN(Cc3c(=O)o[nH][n+]3-c3ccc(OC)cc3)C2=O)cc1. The van der Waals surface area contributed by atoms with Crippen molar-refractivity contribution >= 4 is 17.5 Å². The molecule has 1 atom stereocenters. The van der Waals surface area contributed by atoms with Crippen molar-refractivity contribution in [2.75, 3.05) is 32.7 Å². The van der Waals surface area contributed by atoms with Gasteiger partial charge in [-0.15, -0.1) is 0 Å². The Hall–Kier alpha value is -4.12. The maximum absolute atomic E-state index is 13.0. The van der Waals surface area contributed by atoms with E-state index in [1.807, 2.05) is 0 Å². The molecule has 0 spiro atoms. The van der Waals surface area contributed by atoms with Crippen LogP contribution in [0.4, 0.5) is 5.69 Å². The molecule has 1 aromatic heterocycles. The van der Waals surface area contributed by atoms with Crippen LogP contribution in [0.1, 0.15) is 12.1 Å². The number of amides is 2. The van der Waals surface area contributed by atoms with E-state index in [-0.39, 0.29) is 43.6 Å². The van der Waals surface area contributed by atoms with Crippen LogP contribution < -0.4 is 25.1 Å². The molecule has 11 nitrogen and oxygen atoms in total. The van der Waals surface area contributed by atoms with Gasteiger partial charge in [-0.25, -0.2) is 4.79 Å². The standard InChI is InChI=1S/C23H24N4O7/c1-31-17-7-3-15(4-8-17)24-21(28)13-20-22(29)26(11-12-33-20)14-19-23(30)34-25-27(19)16-5-9-18(32-2)10-6-16/h3-10,20H,11-14H2,1-2H3,(H-,24,25,28,30)/p+1. The van der Waals surface area contributed by atoms with Gasteiger partial charge in [-0.3, -0.25) is 14.1 Å². The predicted molar refractivity (Wildman–Crippen MR) is 119 cm³/mol. The molecule has 2 N–H and O–H groups in total. The van der Waals surface area contributed by atoms with Gasteiger partial charge >= 0.3 is 11.3 Å². The largest absolute Gasteiger partial charge is 0.497 e. The van der Waals surface area contributed by atoms with E-state index in [9.17, 15) is 14.4 Å². The summed E-state index contributed by atoms with van der Waals surface area (Å²) < 4.78 is 22.2. The number of hydrogen-bond donors (Lipinski definition) is 2. The summed E-state index contributed by atoms with van der Waals surface area (Å²) in [6.45, 7) is 0.518. The van der Waals surface area contributed by atoms with Crippen molar-refractivity contribution in [2.45, 2.75) is 19.1 Å². The topological polar surface area (TPSA) is 127 Å². The van der Waals surface area contributed by atoms with Crippen molar-refractivity contribution in [3.8, 4) is 17.2 Å². The van der Waals surface area contributed by atoms with Crippen LogP contribution in [0.15, 0.2) is 57.8 Å². The number of morpholine rings is 1. The first-order chi connectivity index (χ1) is 16.5. The Labute approximate surface area is 194 Å². The Bertz CT molecular complexity index is 1200. The van der Waals surface area contributed by atoms with Crippen molar-refractivity contribution in [2.24, 2.45) is 0 Å². The molecule has 1 unspecified atom stereocenters. The summed E-state index contributed by atoms with van der Waals surface area (Å²) in [7, 11) is 3.12. The minimum absolute atomic E-state index is 0.00332. The van der Waals surface area contributed by atoms with Gasteiger partial charge in [0.05, 0.1) is 27.2 Å². The van der Waals surface area contributed by atoms with Crippen LogP contribution in [0.3, 0.4) is 0 Å². The zero-order valence-corrected chi connectivity index (χ0v) is 18.8. The lowest BCUT2D eigenvalue weighted by Gasteiger charge is -2.30. The molecule has 1 fully saturated rings. The number of carbonyl (C=O) groups excluding carboxylic acids is 2. The number of rotatable bonds is 8. The van der Waals surface area contributed by atoms with Crippen LogP contribution in [0.5, 0.6) is 11.5 Å². The third-order valence-electron chi connectivity index (χ3n) is 5.42. The van der Waals surface area contributed by atoms with E-state index < -0.39 is 11.7 Å². The lowest BCUT2D eigenvalue weighted by Crippen LogP contribution is -2.51. The van der Waals surface area contributed by atoms with E-state index in [1.165, 1.54) is 9.58 Å². The molecular formula is C23H25N4O7+. The molecule has 0 bridgehead atoms. The maximum atomic E-state index is 13.0. The molecule has 0 aliphatic carbocycles. The molecule has 1 saturated heterocycles. The number of carbonyl (C=O) groups is 2. The molecule has 2 amide bonds. The highest BCUT2D eigenvalue weighted by Crippen LogP contribution is 2.17. The fourth-order valence-corrected chi connectivity index (χ4v) is 3.60. The summed E-state index contributed by atoms with van der Waals surface area (Å²) in [6.07, 6.45) is -1.10. The number of aromatic nitrogens is 2. The summed E-state index contributed by atoms with van der Waals surface area (Å²) in [5, 5.41) is 5.30. The maximum Gasteiger partial charge on any atom is 0.432 e.